The number of phenolic OH excluding ortho intramolecular Hbond substituents is 1. The lowest BCUT2D eigenvalue weighted by atomic mass is 9.96. The zero-order chi connectivity index (χ0) is 45.6. The molecule has 2 aliphatic rings. The molecular weight excluding hydrogens is 828 g/mol. The van der Waals surface area contributed by atoms with E-state index in [1.807, 2.05) is 0 Å². The van der Waals surface area contributed by atoms with Crippen LogP contribution in [0.5, 0.6) is 17.2 Å². The normalized spacial score (nSPS) is 25.7. The summed E-state index contributed by atoms with van der Waals surface area (Å²) in [5, 5.41) is 10.9. The number of ether oxygens (including phenoxy) is 11. The molecule has 2 aromatic carbocycles. The van der Waals surface area contributed by atoms with Crippen molar-refractivity contribution >= 4 is 52.8 Å². The molecule has 3 heterocycles. The summed E-state index contributed by atoms with van der Waals surface area (Å²) in [5.74, 6) is -6.32. The first-order valence-corrected chi connectivity index (χ1v) is 18.9. The summed E-state index contributed by atoms with van der Waals surface area (Å²) >= 11 is 0. The summed E-state index contributed by atoms with van der Waals surface area (Å²) in [5.41, 5.74) is -0.457. The lowest BCUT2D eigenvalue weighted by molar-refractivity contribution is -0.356. The smallest absolute Gasteiger partial charge is 0.308 e. The Morgan fingerprint density at radius 3 is 1.71 bits per heavy atom. The maximum atomic E-state index is 13.3. The fraction of sp³-hybridized carbons (Fsp3) is 0.463. The molecule has 21 nitrogen and oxygen atoms in total. The van der Waals surface area contributed by atoms with E-state index in [9.17, 15) is 43.5 Å². The second-order valence-electron chi connectivity index (χ2n) is 14.1. The second kappa shape index (κ2) is 19.9. The first-order chi connectivity index (χ1) is 29.2. The van der Waals surface area contributed by atoms with Gasteiger partial charge in [0.15, 0.2) is 48.3 Å². The lowest BCUT2D eigenvalue weighted by Gasteiger charge is -2.48. The summed E-state index contributed by atoms with van der Waals surface area (Å²) in [4.78, 5) is 98.9. The van der Waals surface area contributed by atoms with Crippen LogP contribution < -0.4 is 14.9 Å². The molecule has 21 heteroatoms. The van der Waals surface area contributed by atoms with E-state index < -0.39 is 121 Å². The highest BCUT2D eigenvalue weighted by Crippen LogP contribution is 2.38. The first kappa shape index (κ1) is 46.5. The molecule has 0 unspecified atom stereocenters. The van der Waals surface area contributed by atoms with Crippen LogP contribution in [0.2, 0.25) is 0 Å². The van der Waals surface area contributed by atoms with Gasteiger partial charge < -0.3 is 61.6 Å². The molecule has 10 atom stereocenters. The molecule has 0 radical (unpaired) electrons. The van der Waals surface area contributed by atoms with Gasteiger partial charge in [-0.25, -0.2) is 0 Å². The van der Waals surface area contributed by atoms with Crippen LogP contribution in [0.25, 0.3) is 22.3 Å². The van der Waals surface area contributed by atoms with Crippen LogP contribution in [0, 0.1) is 0 Å². The third-order valence-electron chi connectivity index (χ3n) is 9.01. The summed E-state index contributed by atoms with van der Waals surface area (Å²) in [7, 11) is 0. The number of carbonyl (C=O) groups excluding carboxylic acids is 7. The molecule has 1 aromatic heterocycles. The topological polar surface area (TPSA) is 271 Å². The van der Waals surface area contributed by atoms with Gasteiger partial charge in [0, 0.05) is 72.2 Å². The van der Waals surface area contributed by atoms with Gasteiger partial charge in [0.1, 0.15) is 46.7 Å². The van der Waals surface area contributed by atoms with Gasteiger partial charge in [0.05, 0.1) is 6.10 Å². The number of aromatic hydroxyl groups is 1. The molecule has 0 amide bonds. The highest BCUT2D eigenvalue weighted by atomic mass is 16.8. The Morgan fingerprint density at radius 2 is 1.15 bits per heavy atom. The predicted octanol–water partition coefficient (Wildman–Crippen LogP) is 2.55. The fourth-order valence-electron chi connectivity index (χ4n) is 6.79. The van der Waals surface area contributed by atoms with Gasteiger partial charge in [-0.3, -0.25) is 38.4 Å². The summed E-state index contributed by atoms with van der Waals surface area (Å²) < 4.78 is 68.8. The summed E-state index contributed by atoms with van der Waals surface area (Å²) in [6, 6.07) is 9.38. The second-order valence-corrected chi connectivity index (χ2v) is 14.1. The minimum Gasteiger partial charge on any atom is -0.507 e. The molecule has 5 rings (SSSR count). The van der Waals surface area contributed by atoms with Crippen LogP contribution in [0.3, 0.4) is 0 Å². The van der Waals surface area contributed by atoms with E-state index in [1.165, 1.54) is 44.2 Å². The molecule has 2 fully saturated rings. The molecule has 62 heavy (non-hydrogen) atoms. The van der Waals surface area contributed by atoms with Crippen LogP contribution in [-0.4, -0.2) is 115 Å². The predicted molar refractivity (Wildman–Crippen MR) is 204 cm³/mol. The van der Waals surface area contributed by atoms with Gasteiger partial charge in [-0.15, -0.1) is 0 Å². The fourth-order valence-corrected chi connectivity index (χ4v) is 6.79. The third kappa shape index (κ3) is 11.6. The van der Waals surface area contributed by atoms with Crippen molar-refractivity contribution in [2.45, 2.75) is 117 Å². The number of carbonyl (C=O) groups is 7. The van der Waals surface area contributed by atoms with E-state index in [0.717, 1.165) is 53.7 Å². The van der Waals surface area contributed by atoms with Crippen molar-refractivity contribution in [3.8, 4) is 28.6 Å². The minimum atomic E-state index is -1.82. The van der Waals surface area contributed by atoms with Crippen LogP contribution in [0.15, 0.2) is 51.7 Å². The number of hydrogen-bond acceptors (Lipinski definition) is 21. The Bertz CT molecular complexity index is 2250. The number of fused-ring (bicyclic) bond motifs is 1. The Kier molecular flexibility index (Phi) is 14.9. The van der Waals surface area contributed by atoms with E-state index in [4.69, 9.17) is 56.5 Å². The zero-order valence-electron chi connectivity index (χ0n) is 34.6. The highest BCUT2D eigenvalue weighted by Gasteiger charge is 2.57. The molecule has 1 N–H and O–H groups in total. The quantitative estimate of drug-likeness (QED) is 0.147. The van der Waals surface area contributed by atoms with Gasteiger partial charge >= 0.3 is 41.8 Å². The molecule has 0 saturated carbocycles. The highest BCUT2D eigenvalue weighted by molar-refractivity contribution is 5.86. The number of hydrogen-bond donors (Lipinski definition) is 1. The van der Waals surface area contributed by atoms with E-state index in [0.29, 0.717) is 5.56 Å². The van der Waals surface area contributed by atoms with Crippen molar-refractivity contribution in [2.24, 2.45) is 0 Å². The third-order valence-corrected chi connectivity index (χ3v) is 9.01. The van der Waals surface area contributed by atoms with Gasteiger partial charge in [0.2, 0.25) is 6.29 Å². The largest absolute Gasteiger partial charge is 0.507 e. The van der Waals surface area contributed by atoms with E-state index in [-0.39, 0.29) is 28.2 Å². The van der Waals surface area contributed by atoms with Crippen LogP contribution >= 0.6 is 0 Å². The Morgan fingerprint density at radius 1 is 0.597 bits per heavy atom. The SMILES string of the molecule is CC(=O)OC[C@H]1O[C@@H](Oc2cc(O)c3c(=O)cc(-c4ccc(OC(C)=O)cc4)oc3c2)[C@H](O[C@@H]2O[C@@H](C)[C@H](OC(C)=O)[C@@H](OC(C)=O)[C@H]2OC(C)=O)[C@@H](OC(C)=O)[C@@H]1OC(C)=O. The number of rotatable bonds is 13. The zero-order valence-corrected chi connectivity index (χ0v) is 34.6. The van der Waals surface area contributed by atoms with Crippen molar-refractivity contribution in [1.82, 2.24) is 0 Å². The molecule has 0 bridgehead atoms. The van der Waals surface area contributed by atoms with E-state index in [2.05, 4.69) is 0 Å². The van der Waals surface area contributed by atoms with Gasteiger partial charge in [-0.1, -0.05) is 0 Å². The lowest BCUT2D eigenvalue weighted by Crippen LogP contribution is -2.67. The van der Waals surface area contributed by atoms with Crippen LogP contribution in [0.4, 0.5) is 0 Å². The molecule has 0 aliphatic carbocycles. The van der Waals surface area contributed by atoms with Crippen molar-refractivity contribution in [3.05, 3.63) is 52.7 Å². The Balaban J connectivity index is 1.63. The van der Waals surface area contributed by atoms with Crippen molar-refractivity contribution in [2.75, 3.05) is 6.61 Å². The standard InChI is InChI=1S/C41H44O21/c1-17-34(54-20(4)44)36(56-22(6)46)38(58-24(8)48)40(52-17)62-39-37(57-23(7)47)35(55-21(5)45)32(16-51-18(2)42)61-41(39)59-27-13-28(49)33-29(50)15-30(60-31(33)14-27)25-9-11-26(12-10-25)53-19(3)43/h9-15,17,32,34-41,49H,16H2,1-8H3/t17-,32+,34-,35+,36+,37-,38+,39+,40-,41+/m0/s1. The van der Waals surface area contributed by atoms with Gasteiger partial charge in [-0.05, 0) is 31.2 Å². The average molecular weight is 873 g/mol. The Labute approximate surface area is 352 Å². The minimum absolute atomic E-state index is 0.0404. The average Bonchev–Trinajstić information content (AvgIpc) is 3.15. The number of phenols is 1. The maximum absolute atomic E-state index is 13.3. The number of benzene rings is 2. The van der Waals surface area contributed by atoms with Gasteiger partial charge in [-0.2, -0.15) is 0 Å². The molecule has 2 aliphatic heterocycles. The van der Waals surface area contributed by atoms with Crippen LogP contribution in [-0.2, 0) is 76.2 Å². The van der Waals surface area contributed by atoms with Crippen molar-refractivity contribution in [3.63, 3.8) is 0 Å². The summed E-state index contributed by atoms with van der Waals surface area (Å²) in [6.07, 6.45) is -15.8. The molecule has 334 valence electrons. The van der Waals surface area contributed by atoms with Gasteiger partial charge in [0.25, 0.3) is 0 Å². The molecular formula is C41H44O21. The van der Waals surface area contributed by atoms with Crippen molar-refractivity contribution < 1.29 is 95.2 Å². The number of esters is 7. The van der Waals surface area contributed by atoms with E-state index in [1.54, 1.807) is 0 Å². The monoisotopic (exact) mass is 872 g/mol. The molecule has 2 saturated heterocycles. The summed E-state index contributed by atoms with van der Waals surface area (Å²) in [6.45, 7) is 8.42. The molecule has 3 aromatic rings. The van der Waals surface area contributed by atoms with Crippen molar-refractivity contribution in [1.29, 1.82) is 0 Å². The maximum Gasteiger partial charge on any atom is 0.308 e. The first-order valence-electron chi connectivity index (χ1n) is 18.9. The van der Waals surface area contributed by atoms with Crippen LogP contribution in [0.1, 0.15) is 55.4 Å². The Hall–Kier alpha value is -6.58. The molecule has 0 spiro atoms. The van der Waals surface area contributed by atoms with E-state index >= 15 is 0 Å².